The average Bonchev–Trinajstić information content (AvgIpc) is 2.53. The van der Waals surface area contributed by atoms with E-state index in [1.54, 1.807) is 12.1 Å². The van der Waals surface area contributed by atoms with Crippen molar-refractivity contribution in [3.8, 4) is 0 Å². The van der Waals surface area contributed by atoms with Gasteiger partial charge in [-0.05, 0) is 23.6 Å². The van der Waals surface area contributed by atoms with Crippen LogP contribution in [-0.2, 0) is 4.74 Å². The molecule has 0 saturated heterocycles. The van der Waals surface area contributed by atoms with Crippen LogP contribution in [-0.4, -0.2) is 12.6 Å². The van der Waals surface area contributed by atoms with Crippen molar-refractivity contribution in [3.05, 3.63) is 83.9 Å². The summed E-state index contributed by atoms with van der Waals surface area (Å²) in [4.78, 5) is 11.7. The quantitative estimate of drug-likeness (QED) is 0.598. The Bertz CT molecular complexity index is 558. The topological polar surface area (TPSA) is 26.3 Å². The molecule has 0 aliphatic rings. The third-order valence-electron chi connectivity index (χ3n) is 3.07. The maximum atomic E-state index is 11.7. The SMILES string of the molecule is CC(/C=C/COC(=O)c1ccccc1)c1ccccc1. The molecule has 0 aliphatic heterocycles. The molecule has 0 spiro atoms. The Morgan fingerprint density at radius 3 is 2.30 bits per heavy atom. The first-order chi connectivity index (χ1) is 9.77. The normalized spacial score (nSPS) is 12.2. The summed E-state index contributed by atoms with van der Waals surface area (Å²) >= 11 is 0. The van der Waals surface area contributed by atoms with E-state index in [0.29, 0.717) is 18.1 Å². The molecule has 0 saturated carbocycles. The Hall–Kier alpha value is -2.35. The van der Waals surface area contributed by atoms with E-state index >= 15 is 0 Å². The van der Waals surface area contributed by atoms with E-state index in [2.05, 4.69) is 19.1 Å². The van der Waals surface area contributed by atoms with E-state index < -0.39 is 0 Å². The molecule has 1 atom stereocenters. The Kier molecular flexibility index (Phi) is 5.13. The van der Waals surface area contributed by atoms with Gasteiger partial charge in [-0.1, -0.05) is 67.6 Å². The molecule has 2 aromatic rings. The lowest BCUT2D eigenvalue weighted by Crippen LogP contribution is -2.04. The number of hydrogen-bond donors (Lipinski definition) is 0. The molecule has 0 N–H and O–H groups in total. The second-order valence-electron chi connectivity index (χ2n) is 4.59. The minimum atomic E-state index is -0.289. The average molecular weight is 266 g/mol. The Morgan fingerprint density at radius 2 is 1.65 bits per heavy atom. The van der Waals surface area contributed by atoms with Crippen molar-refractivity contribution < 1.29 is 9.53 Å². The fourth-order valence-corrected chi connectivity index (χ4v) is 1.91. The first-order valence-electron chi connectivity index (χ1n) is 6.71. The number of rotatable bonds is 5. The lowest BCUT2D eigenvalue weighted by Gasteiger charge is -2.06. The van der Waals surface area contributed by atoms with Gasteiger partial charge in [-0.15, -0.1) is 0 Å². The number of esters is 1. The third-order valence-corrected chi connectivity index (χ3v) is 3.07. The molecule has 2 aromatic carbocycles. The van der Waals surface area contributed by atoms with Crippen LogP contribution in [0, 0.1) is 0 Å². The zero-order valence-corrected chi connectivity index (χ0v) is 11.5. The minimum Gasteiger partial charge on any atom is -0.458 e. The van der Waals surface area contributed by atoms with Gasteiger partial charge in [0.05, 0.1) is 5.56 Å². The van der Waals surface area contributed by atoms with Gasteiger partial charge in [-0.25, -0.2) is 4.79 Å². The van der Waals surface area contributed by atoms with Crippen LogP contribution in [0.3, 0.4) is 0 Å². The Labute approximate surface area is 119 Å². The molecule has 102 valence electrons. The number of benzene rings is 2. The van der Waals surface area contributed by atoms with Crippen molar-refractivity contribution in [2.75, 3.05) is 6.61 Å². The molecule has 0 amide bonds. The summed E-state index contributed by atoms with van der Waals surface area (Å²) in [6, 6.07) is 19.2. The number of hydrogen-bond acceptors (Lipinski definition) is 2. The second-order valence-corrected chi connectivity index (χ2v) is 4.59. The standard InChI is InChI=1S/C18H18O2/c1-15(16-10-4-2-5-11-16)9-8-14-20-18(19)17-12-6-3-7-13-17/h2-13,15H,14H2,1H3/b9-8+. The fourth-order valence-electron chi connectivity index (χ4n) is 1.91. The predicted octanol–water partition coefficient (Wildman–Crippen LogP) is 4.20. The van der Waals surface area contributed by atoms with Crippen LogP contribution < -0.4 is 0 Å². The molecule has 0 aromatic heterocycles. The van der Waals surface area contributed by atoms with Crippen LogP contribution in [0.1, 0.15) is 28.8 Å². The van der Waals surface area contributed by atoms with Crippen molar-refractivity contribution in [3.63, 3.8) is 0 Å². The van der Waals surface area contributed by atoms with Crippen molar-refractivity contribution in [2.45, 2.75) is 12.8 Å². The van der Waals surface area contributed by atoms with Gasteiger partial charge in [0.2, 0.25) is 0 Å². The first-order valence-corrected chi connectivity index (χ1v) is 6.71. The van der Waals surface area contributed by atoms with E-state index in [1.165, 1.54) is 5.56 Å². The molecule has 20 heavy (non-hydrogen) atoms. The van der Waals surface area contributed by atoms with Gasteiger partial charge < -0.3 is 4.74 Å². The van der Waals surface area contributed by atoms with Crippen molar-refractivity contribution >= 4 is 5.97 Å². The summed E-state index contributed by atoms with van der Waals surface area (Å²) < 4.78 is 5.19. The van der Waals surface area contributed by atoms with Crippen LogP contribution in [0.2, 0.25) is 0 Å². The molecule has 1 unspecified atom stereocenters. The summed E-state index contributed by atoms with van der Waals surface area (Å²) in [5, 5.41) is 0. The monoisotopic (exact) mass is 266 g/mol. The van der Waals surface area contributed by atoms with E-state index in [1.807, 2.05) is 48.6 Å². The van der Waals surface area contributed by atoms with Crippen molar-refractivity contribution in [2.24, 2.45) is 0 Å². The highest BCUT2D eigenvalue weighted by molar-refractivity contribution is 5.89. The highest BCUT2D eigenvalue weighted by Gasteiger charge is 2.04. The number of allylic oxidation sites excluding steroid dienone is 1. The van der Waals surface area contributed by atoms with Gasteiger partial charge in [0, 0.05) is 0 Å². The van der Waals surface area contributed by atoms with Gasteiger partial charge in [0.25, 0.3) is 0 Å². The Balaban J connectivity index is 1.81. The van der Waals surface area contributed by atoms with E-state index in [9.17, 15) is 4.79 Å². The van der Waals surface area contributed by atoms with Gasteiger partial charge in [-0.2, -0.15) is 0 Å². The van der Waals surface area contributed by atoms with Gasteiger partial charge in [-0.3, -0.25) is 0 Å². The highest BCUT2D eigenvalue weighted by Crippen LogP contribution is 2.15. The maximum Gasteiger partial charge on any atom is 0.338 e. The molecule has 0 heterocycles. The van der Waals surface area contributed by atoms with E-state index in [0.717, 1.165) is 0 Å². The summed E-state index contributed by atoms with van der Waals surface area (Å²) in [7, 11) is 0. The minimum absolute atomic E-state index is 0.289. The van der Waals surface area contributed by atoms with Crippen LogP contribution in [0.25, 0.3) is 0 Å². The second kappa shape index (κ2) is 7.29. The zero-order chi connectivity index (χ0) is 14.2. The summed E-state index contributed by atoms with van der Waals surface area (Å²) in [6.07, 6.45) is 3.94. The largest absolute Gasteiger partial charge is 0.458 e. The zero-order valence-electron chi connectivity index (χ0n) is 11.5. The molecule has 0 fully saturated rings. The van der Waals surface area contributed by atoms with E-state index in [4.69, 9.17) is 4.74 Å². The Morgan fingerprint density at radius 1 is 1.05 bits per heavy atom. The highest BCUT2D eigenvalue weighted by atomic mass is 16.5. The lowest BCUT2D eigenvalue weighted by atomic mass is 10.0. The van der Waals surface area contributed by atoms with Gasteiger partial charge in [0.15, 0.2) is 0 Å². The predicted molar refractivity (Wildman–Crippen MR) is 80.7 cm³/mol. The number of carbonyl (C=O) groups excluding carboxylic acids is 1. The van der Waals surface area contributed by atoms with Crippen molar-refractivity contribution in [1.29, 1.82) is 0 Å². The lowest BCUT2D eigenvalue weighted by molar-refractivity contribution is 0.0549. The smallest absolute Gasteiger partial charge is 0.338 e. The summed E-state index contributed by atoms with van der Waals surface area (Å²) in [6.45, 7) is 2.41. The van der Waals surface area contributed by atoms with Crippen LogP contribution in [0.4, 0.5) is 0 Å². The third kappa shape index (κ3) is 4.09. The van der Waals surface area contributed by atoms with Crippen molar-refractivity contribution in [1.82, 2.24) is 0 Å². The van der Waals surface area contributed by atoms with Crippen LogP contribution >= 0.6 is 0 Å². The molecule has 2 nitrogen and oxygen atoms in total. The summed E-state index contributed by atoms with van der Waals surface area (Å²) in [5.41, 5.74) is 1.83. The first kappa shape index (κ1) is 14.1. The van der Waals surface area contributed by atoms with Gasteiger partial charge >= 0.3 is 5.97 Å². The fraction of sp³-hybridized carbons (Fsp3) is 0.167. The molecular formula is C18H18O2. The van der Waals surface area contributed by atoms with Crippen LogP contribution in [0.5, 0.6) is 0 Å². The molecule has 2 heteroatoms. The molecule has 0 bridgehead atoms. The molecule has 2 rings (SSSR count). The van der Waals surface area contributed by atoms with E-state index in [-0.39, 0.29) is 5.97 Å². The molecule has 0 radical (unpaired) electrons. The maximum absolute atomic E-state index is 11.7. The van der Waals surface area contributed by atoms with Gasteiger partial charge in [0.1, 0.15) is 6.61 Å². The molecular weight excluding hydrogens is 248 g/mol. The number of ether oxygens (including phenoxy) is 1. The molecule has 0 aliphatic carbocycles. The van der Waals surface area contributed by atoms with Crippen LogP contribution in [0.15, 0.2) is 72.8 Å². The summed E-state index contributed by atoms with van der Waals surface area (Å²) in [5.74, 6) is 0.0224. The number of carbonyl (C=O) groups is 1.